The number of rotatable bonds is 2. The number of hydrogen-bond acceptors (Lipinski definition) is 3. The average Bonchev–Trinajstić information content (AvgIpc) is 2.47. The number of nitrogens with one attached hydrogen (secondary N) is 1. The summed E-state index contributed by atoms with van der Waals surface area (Å²) in [7, 11) is 1.78. The fourth-order valence-corrected chi connectivity index (χ4v) is 3.30. The van der Waals surface area contributed by atoms with Gasteiger partial charge in [-0.15, -0.1) is 0 Å². The second-order valence-corrected chi connectivity index (χ2v) is 5.28. The molecule has 1 aliphatic heterocycles. The van der Waals surface area contributed by atoms with Crippen LogP contribution in [0.4, 0.5) is 0 Å². The average molecular weight is 246 g/mol. The molecule has 3 rings (SSSR count). The van der Waals surface area contributed by atoms with Crippen molar-refractivity contribution < 1.29 is 4.74 Å². The third kappa shape index (κ3) is 2.25. The Kier molecular flexibility index (Phi) is 3.52. The molecule has 1 unspecified atom stereocenters. The number of benzene rings is 1. The van der Waals surface area contributed by atoms with Gasteiger partial charge in [0.1, 0.15) is 5.75 Å². The van der Waals surface area contributed by atoms with E-state index in [-0.39, 0.29) is 0 Å². The standard InChI is InChI=1S/C15H22N2O/c1-18-15-4-2-3-12-11-13(5-6-14(12)15)17-9-7-16-8-10-17/h2-4,13,16H,5-11H2,1H3. The van der Waals surface area contributed by atoms with E-state index in [9.17, 15) is 0 Å². The quantitative estimate of drug-likeness (QED) is 0.855. The summed E-state index contributed by atoms with van der Waals surface area (Å²) in [4.78, 5) is 2.65. The smallest absolute Gasteiger partial charge is 0.122 e. The number of ether oxygens (including phenoxy) is 1. The van der Waals surface area contributed by atoms with Gasteiger partial charge >= 0.3 is 0 Å². The Morgan fingerprint density at radius 3 is 2.89 bits per heavy atom. The highest BCUT2D eigenvalue weighted by Crippen LogP contribution is 2.31. The molecule has 3 heteroatoms. The van der Waals surface area contributed by atoms with Gasteiger partial charge in [-0.25, -0.2) is 0 Å². The van der Waals surface area contributed by atoms with E-state index in [1.54, 1.807) is 7.11 Å². The molecule has 1 heterocycles. The third-order valence-corrected chi connectivity index (χ3v) is 4.30. The van der Waals surface area contributed by atoms with Crippen molar-refractivity contribution in [3.05, 3.63) is 29.3 Å². The molecule has 18 heavy (non-hydrogen) atoms. The van der Waals surface area contributed by atoms with Gasteiger partial charge in [-0.2, -0.15) is 0 Å². The molecule has 1 fully saturated rings. The molecule has 3 nitrogen and oxygen atoms in total. The number of methoxy groups -OCH3 is 1. The summed E-state index contributed by atoms with van der Waals surface area (Å²) < 4.78 is 5.47. The third-order valence-electron chi connectivity index (χ3n) is 4.30. The first-order valence-electron chi connectivity index (χ1n) is 6.98. The van der Waals surface area contributed by atoms with Gasteiger partial charge < -0.3 is 10.1 Å². The topological polar surface area (TPSA) is 24.5 Å². The summed E-state index contributed by atoms with van der Waals surface area (Å²) in [6, 6.07) is 7.21. The van der Waals surface area contributed by atoms with Crippen molar-refractivity contribution in [2.24, 2.45) is 0 Å². The maximum absolute atomic E-state index is 5.47. The van der Waals surface area contributed by atoms with Gasteiger partial charge in [0.25, 0.3) is 0 Å². The molecule has 1 aromatic rings. The van der Waals surface area contributed by atoms with Gasteiger partial charge in [0.05, 0.1) is 7.11 Å². The largest absolute Gasteiger partial charge is 0.496 e. The summed E-state index contributed by atoms with van der Waals surface area (Å²) >= 11 is 0. The lowest BCUT2D eigenvalue weighted by Gasteiger charge is -2.38. The molecule has 98 valence electrons. The van der Waals surface area contributed by atoms with Crippen LogP contribution in [0.25, 0.3) is 0 Å². The zero-order valence-corrected chi connectivity index (χ0v) is 11.1. The minimum absolute atomic E-state index is 0.728. The first kappa shape index (κ1) is 12.0. The van der Waals surface area contributed by atoms with Crippen molar-refractivity contribution in [2.45, 2.75) is 25.3 Å². The van der Waals surface area contributed by atoms with Crippen molar-refractivity contribution in [2.75, 3.05) is 33.3 Å². The van der Waals surface area contributed by atoms with Crippen LogP contribution in [0.3, 0.4) is 0 Å². The lowest BCUT2D eigenvalue weighted by molar-refractivity contribution is 0.159. The Morgan fingerprint density at radius 2 is 2.11 bits per heavy atom. The van der Waals surface area contributed by atoms with Crippen LogP contribution in [0.2, 0.25) is 0 Å². The molecule has 1 saturated heterocycles. The van der Waals surface area contributed by atoms with Crippen LogP contribution in [0, 0.1) is 0 Å². The minimum Gasteiger partial charge on any atom is -0.496 e. The van der Waals surface area contributed by atoms with E-state index in [0.717, 1.165) is 31.3 Å². The molecule has 0 spiro atoms. The Morgan fingerprint density at radius 1 is 1.28 bits per heavy atom. The van der Waals surface area contributed by atoms with Gasteiger partial charge in [-0.05, 0) is 36.5 Å². The highest BCUT2D eigenvalue weighted by molar-refractivity contribution is 5.42. The molecule has 0 amide bonds. The van der Waals surface area contributed by atoms with Crippen LogP contribution in [-0.4, -0.2) is 44.2 Å². The second-order valence-electron chi connectivity index (χ2n) is 5.28. The zero-order chi connectivity index (χ0) is 12.4. The van der Waals surface area contributed by atoms with Crippen LogP contribution in [0.5, 0.6) is 5.75 Å². The van der Waals surface area contributed by atoms with E-state index < -0.39 is 0 Å². The highest BCUT2D eigenvalue weighted by atomic mass is 16.5. The van der Waals surface area contributed by atoms with Crippen molar-refractivity contribution in [1.82, 2.24) is 10.2 Å². The summed E-state index contributed by atoms with van der Waals surface area (Å²) in [5.74, 6) is 1.08. The van der Waals surface area contributed by atoms with Gasteiger partial charge in [0, 0.05) is 32.2 Å². The molecular formula is C15H22N2O. The van der Waals surface area contributed by atoms with Crippen molar-refractivity contribution >= 4 is 0 Å². The van der Waals surface area contributed by atoms with Crippen LogP contribution in [-0.2, 0) is 12.8 Å². The molecule has 2 aliphatic rings. The molecule has 1 atom stereocenters. The van der Waals surface area contributed by atoms with Gasteiger partial charge in [0.2, 0.25) is 0 Å². The molecule has 0 saturated carbocycles. The number of nitrogens with zero attached hydrogens (tertiary/aromatic N) is 1. The number of piperazine rings is 1. The van der Waals surface area contributed by atoms with Crippen LogP contribution >= 0.6 is 0 Å². The normalized spacial score (nSPS) is 24.6. The van der Waals surface area contributed by atoms with Crippen LogP contribution < -0.4 is 10.1 Å². The van der Waals surface area contributed by atoms with Crippen molar-refractivity contribution in [1.29, 1.82) is 0 Å². The predicted octanol–water partition coefficient (Wildman–Crippen LogP) is 1.46. The van der Waals surface area contributed by atoms with E-state index in [1.807, 2.05) is 0 Å². The molecule has 0 radical (unpaired) electrons. The Labute approximate surface area is 109 Å². The summed E-state index contributed by atoms with van der Waals surface area (Å²) in [6.07, 6.45) is 3.62. The molecule has 1 N–H and O–H groups in total. The second kappa shape index (κ2) is 5.29. The molecule has 1 aliphatic carbocycles. The fraction of sp³-hybridized carbons (Fsp3) is 0.600. The van der Waals surface area contributed by atoms with E-state index in [2.05, 4.69) is 28.4 Å². The van der Waals surface area contributed by atoms with E-state index in [4.69, 9.17) is 4.74 Å². The molecule has 1 aromatic carbocycles. The van der Waals surface area contributed by atoms with Crippen molar-refractivity contribution in [3.8, 4) is 5.75 Å². The summed E-state index contributed by atoms with van der Waals surface area (Å²) in [5, 5.41) is 3.43. The Hall–Kier alpha value is -1.06. The van der Waals surface area contributed by atoms with E-state index in [0.29, 0.717) is 0 Å². The summed E-state index contributed by atoms with van der Waals surface area (Å²) in [5.41, 5.74) is 2.93. The molecule has 0 aromatic heterocycles. The van der Waals surface area contributed by atoms with E-state index in [1.165, 1.54) is 37.1 Å². The first-order valence-corrected chi connectivity index (χ1v) is 6.98. The molecule has 0 bridgehead atoms. The maximum Gasteiger partial charge on any atom is 0.122 e. The monoisotopic (exact) mass is 246 g/mol. The predicted molar refractivity (Wildman–Crippen MR) is 73.2 cm³/mol. The van der Waals surface area contributed by atoms with Crippen LogP contribution in [0.1, 0.15) is 17.5 Å². The van der Waals surface area contributed by atoms with Gasteiger partial charge in [-0.1, -0.05) is 12.1 Å². The number of hydrogen-bond donors (Lipinski definition) is 1. The number of fused-ring (bicyclic) bond motifs is 1. The van der Waals surface area contributed by atoms with Crippen molar-refractivity contribution in [3.63, 3.8) is 0 Å². The lowest BCUT2D eigenvalue weighted by atomic mass is 9.86. The van der Waals surface area contributed by atoms with Gasteiger partial charge in [-0.3, -0.25) is 4.90 Å². The van der Waals surface area contributed by atoms with Crippen LogP contribution in [0.15, 0.2) is 18.2 Å². The maximum atomic E-state index is 5.47. The Balaban J connectivity index is 1.76. The molecular weight excluding hydrogens is 224 g/mol. The first-order chi connectivity index (χ1) is 8.88. The lowest BCUT2D eigenvalue weighted by Crippen LogP contribution is -2.50. The fourth-order valence-electron chi connectivity index (χ4n) is 3.30. The van der Waals surface area contributed by atoms with Gasteiger partial charge in [0.15, 0.2) is 0 Å². The summed E-state index contributed by atoms with van der Waals surface area (Å²) in [6.45, 7) is 4.68. The Bertz CT molecular complexity index is 413. The minimum atomic E-state index is 0.728. The van der Waals surface area contributed by atoms with E-state index >= 15 is 0 Å². The SMILES string of the molecule is COc1cccc2c1CCC(N1CCNCC1)C2. The zero-order valence-electron chi connectivity index (χ0n) is 11.1. The highest BCUT2D eigenvalue weighted by Gasteiger charge is 2.26.